The first-order chi connectivity index (χ1) is 8.00. The fourth-order valence-electron chi connectivity index (χ4n) is 3.28. The second-order valence-corrected chi connectivity index (χ2v) is 6.52. The molecular weight excluding hydrogens is 212 g/mol. The molecule has 1 heterocycles. The minimum Gasteiger partial charge on any atom is -0.352 e. The molecule has 0 radical (unpaired) electrons. The number of hydrogen-bond acceptors (Lipinski definition) is 2. The molecule has 0 aromatic heterocycles. The van der Waals surface area contributed by atoms with Crippen molar-refractivity contribution in [3.63, 3.8) is 0 Å². The summed E-state index contributed by atoms with van der Waals surface area (Å²) < 4.78 is 0. The highest BCUT2D eigenvalue weighted by Crippen LogP contribution is 2.42. The van der Waals surface area contributed by atoms with Gasteiger partial charge in [-0.05, 0) is 37.1 Å². The van der Waals surface area contributed by atoms with Crippen LogP contribution in [0.1, 0.15) is 46.5 Å². The average molecular weight is 238 g/mol. The van der Waals surface area contributed by atoms with Gasteiger partial charge in [0.2, 0.25) is 5.91 Å². The van der Waals surface area contributed by atoms with Crippen molar-refractivity contribution in [1.82, 2.24) is 10.6 Å². The second-order valence-electron chi connectivity index (χ2n) is 6.52. The highest BCUT2D eigenvalue weighted by molar-refractivity contribution is 5.80. The largest absolute Gasteiger partial charge is 0.352 e. The monoisotopic (exact) mass is 238 g/mol. The summed E-state index contributed by atoms with van der Waals surface area (Å²) in [7, 11) is 0. The summed E-state index contributed by atoms with van der Waals surface area (Å²) in [6.45, 7) is 8.72. The molecule has 2 fully saturated rings. The predicted molar refractivity (Wildman–Crippen MR) is 69.7 cm³/mol. The number of carbonyl (C=O) groups is 1. The minimum atomic E-state index is 0.190. The molecule has 0 bridgehead atoms. The molecule has 3 unspecified atom stereocenters. The molecule has 1 aliphatic heterocycles. The molecule has 2 aliphatic rings. The van der Waals surface area contributed by atoms with E-state index in [4.69, 9.17) is 0 Å². The lowest BCUT2D eigenvalue weighted by Gasteiger charge is -2.33. The Hall–Kier alpha value is -0.570. The molecule has 2 N–H and O–H groups in total. The van der Waals surface area contributed by atoms with Gasteiger partial charge in [0.15, 0.2) is 0 Å². The Labute approximate surface area is 105 Å². The number of hydrogen-bond donors (Lipinski definition) is 2. The van der Waals surface area contributed by atoms with Crippen molar-refractivity contribution in [2.45, 2.75) is 52.5 Å². The van der Waals surface area contributed by atoms with Crippen LogP contribution in [0, 0.1) is 17.3 Å². The van der Waals surface area contributed by atoms with Crippen LogP contribution in [-0.2, 0) is 4.79 Å². The summed E-state index contributed by atoms with van der Waals surface area (Å²) in [5.41, 5.74) is 0.190. The quantitative estimate of drug-likeness (QED) is 0.772. The van der Waals surface area contributed by atoms with Crippen LogP contribution in [0.4, 0.5) is 0 Å². The van der Waals surface area contributed by atoms with Crippen LogP contribution in [-0.4, -0.2) is 25.0 Å². The molecule has 2 rings (SSSR count). The maximum absolute atomic E-state index is 12.3. The molecule has 17 heavy (non-hydrogen) atoms. The van der Waals surface area contributed by atoms with Gasteiger partial charge in [-0.15, -0.1) is 0 Å². The van der Waals surface area contributed by atoms with Crippen molar-refractivity contribution in [2.24, 2.45) is 17.3 Å². The van der Waals surface area contributed by atoms with Crippen LogP contribution in [0.5, 0.6) is 0 Å². The van der Waals surface area contributed by atoms with E-state index in [-0.39, 0.29) is 17.2 Å². The van der Waals surface area contributed by atoms with Gasteiger partial charge in [-0.1, -0.05) is 27.2 Å². The highest BCUT2D eigenvalue weighted by Gasteiger charge is 2.40. The number of piperidine rings is 1. The van der Waals surface area contributed by atoms with Crippen LogP contribution < -0.4 is 10.6 Å². The molecule has 3 atom stereocenters. The van der Waals surface area contributed by atoms with Gasteiger partial charge in [-0.25, -0.2) is 0 Å². The first-order valence-corrected chi connectivity index (χ1v) is 7.02. The maximum Gasteiger partial charge on any atom is 0.223 e. The van der Waals surface area contributed by atoms with E-state index < -0.39 is 0 Å². The van der Waals surface area contributed by atoms with Crippen LogP contribution in [0.15, 0.2) is 0 Å². The third kappa shape index (κ3) is 2.82. The normalized spacial score (nSPS) is 36.8. The minimum absolute atomic E-state index is 0.190. The molecule has 0 aromatic carbocycles. The van der Waals surface area contributed by atoms with Crippen molar-refractivity contribution >= 4 is 5.91 Å². The number of amides is 1. The van der Waals surface area contributed by atoms with Gasteiger partial charge >= 0.3 is 0 Å². The van der Waals surface area contributed by atoms with Gasteiger partial charge in [-0.2, -0.15) is 0 Å². The van der Waals surface area contributed by atoms with E-state index >= 15 is 0 Å². The zero-order chi connectivity index (χ0) is 12.5. The zero-order valence-corrected chi connectivity index (χ0v) is 11.4. The van der Waals surface area contributed by atoms with Crippen LogP contribution in [0.25, 0.3) is 0 Å². The Morgan fingerprint density at radius 3 is 2.71 bits per heavy atom. The molecule has 3 nitrogen and oxygen atoms in total. The standard InChI is InChI=1S/C14H26N2O/c1-10-6-8-15-9-12(10)16-13(17)11-5-4-7-14(11,2)3/h10-12,15H,4-9H2,1-3H3,(H,16,17). The number of carbonyl (C=O) groups excluding carboxylic acids is 1. The molecule has 98 valence electrons. The average Bonchev–Trinajstić information content (AvgIpc) is 2.61. The fraction of sp³-hybridized carbons (Fsp3) is 0.929. The van der Waals surface area contributed by atoms with E-state index in [9.17, 15) is 4.79 Å². The fourth-order valence-corrected chi connectivity index (χ4v) is 3.28. The molecule has 0 aromatic rings. The van der Waals surface area contributed by atoms with Crippen molar-refractivity contribution < 1.29 is 4.79 Å². The lowest BCUT2D eigenvalue weighted by atomic mass is 9.81. The molecule has 3 heteroatoms. The van der Waals surface area contributed by atoms with E-state index in [0.717, 1.165) is 19.5 Å². The van der Waals surface area contributed by atoms with Crippen LogP contribution >= 0.6 is 0 Å². The lowest BCUT2D eigenvalue weighted by molar-refractivity contribution is -0.128. The van der Waals surface area contributed by atoms with Gasteiger partial charge in [0.25, 0.3) is 0 Å². The lowest BCUT2D eigenvalue weighted by Crippen LogP contribution is -2.52. The zero-order valence-electron chi connectivity index (χ0n) is 11.4. The van der Waals surface area contributed by atoms with Crippen molar-refractivity contribution in [2.75, 3.05) is 13.1 Å². The molecule has 1 saturated carbocycles. The van der Waals surface area contributed by atoms with Crippen molar-refractivity contribution in [3.8, 4) is 0 Å². The van der Waals surface area contributed by atoms with Crippen molar-refractivity contribution in [3.05, 3.63) is 0 Å². The van der Waals surface area contributed by atoms with Crippen molar-refractivity contribution in [1.29, 1.82) is 0 Å². The smallest absolute Gasteiger partial charge is 0.223 e. The predicted octanol–water partition coefficient (Wildman–Crippen LogP) is 1.93. The Bertz CT molecular complexity index is 288. The van der Waals surface area contributed by atoms with Gasteiger partial charge in [0.1, 0.15) is 0 Å². The Morgan fingerprint density at radius 1 is 1.35 bits per heavy atom. The van der Waals surface area contributed by atoms with E-state index in [1.165, 1.54) is 19.3 Å². The molecule has 1 saturated heterocycles. The van der Waals surface area contributed by atoms with Gasteiger partial charge in [-0.3, -0.25) is 4.79 Å². The van der Waals surface area contributed by atoms with E-state index in [2.05, 4.69) is 31.4 Å². The highest BCUT2D eigenvalue weighted by atomic mass is 16.2. The molecule has 0 spiro atoms. The van der Waals surface area contributed by atoms with E-state index in [1.807, 2.05) is 0 Å². The SMILES string of the molecule is CC1CCNCC1NC(=O)C1CCCC1(C)C. The third-order valence-corrected chi connectivity index (χ3v) is 4.73. The molecule has 1 aliphatic carbocycles. The molecule has 1 amide bonds. The van der Waals surface area contributed by atoms with E-state index in [1.54, 1.807) is 0 Å². The Balaban J connectivity index is 1.92. The first kappa shape index (κ1) is 12.9. The Kier molecular flexibility index (Phi) is 3.76. The van der Waals surface area contributed by atoms with Gasteiger partial charge in [0, 0.05) is 18.5 Å². The summed E-state index contributed by atoms with van der Waals surface area (Å²) in [4.78, 5) is 12.3. The topological polar surface area (TPSA) is 41.1 Å². The van der Waals surface area contributed by atoms with Gasteiger partial charge in [0.05, 0.1) is 0 Å². The Morgan fingerprint density at radius 2 is 2.12 bits per heavy atom. The number of rotatable bonds is 2. The molecular formula is C14H26N2O. The summed E-state index contributed by atoms with van der Waals surface area (Å²) in [5.74, 6) is 1.11. The summed E-state index contributed by atoms with van der Waals surface area (Å²) in [6, 6.07) is 0.327. The van der Waals surface area contributed by atoms with Crippen LogP contribution in [0.3, 0.4) is 0 Å². The van der Waals surface area contributed by atoms with Crippen LogP contribution in [0.2, 0.25) is 0 Å². The summed E-state index contributed by atoms with van der Waals surface area (Å²) >= 11 is 0. The second kappa shape index (κ2) is 4.97. The third-order valence-electron chi connectivity index (χ3n) is 4.73. The number of nitrogens with one attached hydrogen (secondary N) is 2. The van der Waals surface area contributed by atoms with E-state index in [0.29, 0.717) is 12.0 Å². The summed E-state index contributed by atoms with van der Waals surface area (Å²) in [5, 5.41) is 6.63. The van der Waals surface area contributed by atoms with Gasteiger partial charge < -0.3 is 10.6 Å². The first-order valence-electron chi connectivity index (χ1n) is 7.02. The maximum atomic E-state index is 12.3. The summed E-state index contributed by atoms with van der Waals surface area (Å²) in [6.07, 6.45) is 4.61.